The Morgan fingerprint density at radius 1 is 1.24 bits per heavy atom. The first-order valence-electron chi connectivity index (χ1n) is 6.57. The fourth-order valence-electron chi connectivity index (χ4n) is 2.23. The van der Waals surface area contributed by atoms with Crippen LogP contribution in [-0.2, 0) is 0 Å². The van der Waals surface area contributed by atoms with Gasteiger partial charge in [-0.05, 0) is 17.9 Å². The second-order valence-electron chi connectivity index (χ2n) is 5.37. The third-order valence-corrected chi connectivity index (χ3v) is 4.55. The topological polar surface area (TPSA) is 80.5 Å². The van der Waals surface area contributed by atoms with Gasteiger partial charge in [-0.15, -0.1) is 0 Å². The van der Waals surface area contributed by atoms with Crippen LogP contribution in [0.15, 0.2) is 18.2 Å². The van der Waals surface area contributed by atoms with E-state index in [1.807, 2.05) is 13.8 Å². The van der Waals surface area contributed by atoms with Crippen LogP contribution in [0.25, 0.3) is 0 Å². The number of halogens is 1. The molecule has 6 nitrogen and oxygen atoms in total. The Kier molecular flexibility index (Phi) is 4.41. The number of nitrogens with zero attached hydrogens (tertiary/aromatic N) is 2. The van der Waals surface area contributed by atoms with Gasteiger partial charge in [-0.25, -0.2) is 0 Å². The summed E-state index contributed by atoms with van der Waals surface area (Å²) in [5, 5.41) is 11.5. The molecule has 0 N–H and O–H groups in total. The van der Waals surface area contributed by atoms with E-state index in [1.54, 1.807) is 0 Å². The number of carbonyl (C=O) groups is 2. The molecule has 0 bridgehead atoms. The number of amides is 2. The quantitative estimate of drug-likeness (QED) is 0.352. The molecule has 2 amide bonds. The summed E-state index contributed by atoms with van der Waals surface area (Å²) in [5.74, 6) is -0.382. The summed E-state index contributed by atoms with van der Waals surface area (Å²) >= 11 is 3.39. The summed E-state index contributed by atoms with van der Waals surface area (Å²) < 4.78 is 0. The lowest BCUT2D eigenvalue weighted by Crippen LogP contribution is -2.36. The maximum absolute atomic E-state index is 12.3. The number of nitro groups is 1. The Morgan fingerprint density at radius 2 is 1.86 bits per heavy atom. The molecule has 1 aromatic rings. The van der Waals surface area contributed by atoms with Crippen LogP contribution in [0.3, 0.4) is 0 Å². The summed E-state index contributed by atoms with van der Waals surface area (Å²) in [6.07, 6.45) is 0. The van der Waals surface area contributed by atoms with Gasteiger partial charge in [0.25, 0.3) is 17.5 Å². The van der Waals surface area contributed by atoms with Crippen LogP contribution in [0.2, 0.25) is 0 Å². The molecule has 7 heteroatoms. The molecule has 1 aliphatic rings. The van der Waals surface area contributed by atoms with Crippen molar-refractivity contribution in [3.05, 3.63) is 39.4 Å². The van der Waals surface area contributed by atoms with Crippen LogP contribution in [0.5, 0.6) is 0 Å². The highest BCUT2D eigenvalue weighted by atomic mass is 79.9. The minimum atomic E-state index is -0.573. The molecule has 0 saturated heterocycles. The van der Waals surface area contributed by atoms with E-state index in [0.29, 0.717) is 17.8 Å². The first-order valence-corrected chi connectivity index (χ1v) is 7.69. The van der Waals surface area contributed by atoms with Crippen molar-refractivity contribution in [3.8, 4) is 0 Å². The molecule has 0 spiro atoms. The Balaban J connectivity index is 2.32. The van der Waals surface area contributed by atoms with Crippen LogP contribution < -0.4 is 0 Å². The van der Waals surface area contributed by atoms with Crippen molar-refractivity contribution in [1.29, 1.82) is 0 Å². The Hall–Kier alpha value is -1.76. The van der Waals surface area contributed by atoms with Crippen molar-refractivity contribution in [2.45, 2.75) is 13.8 Å². The van der Waals surface area contributed by atoms with Crippen molar-refractivity contribution in [3.63, 3.8) is 0 Å². The average molecular weight is 355 g/mol. The lowest BCUT2D eigenvalue weighted by molar-refractivity contribution is -0.384. The Morgan fingerprint density at radius 3 is 2.38 bits per heavy atom. The van der Waals surface area contributed by atoms with Gasteiger partial charge in [-0.1, -0.05) is 29.8 Å². The fourth-order valence-corrected chi connectivity index (χ4v) is 3.18. The van der Waals surface area contributed by atoms with Gasteiger partial charge in [0.1, 0.15) is 0 Å². The highest BCUT2D eigenvalue weighted by Crippen LogP contribution is 2.28. The molecule has 0 fully saturated rings. The molecule has 1 atom stereocenters. The van der Waals surface area contributed by atoms with E-state index >= 15 is 0 Å². The second-order valence-corrected chi connectivity index (χ2v) is 6.01. The van der Waals surface area contributed by atoms with Gasteiger partial charge < -0.3 is 0 Å². The summed E-state index contributed by atoms with van der Waals surface area (Å²) in [4.78, 5) is 36.0. The summed E-state index contributed by atoms with van der Waals surface area (Å²) in [6, 6.07) is 3.78. The minimum Gasteiger partial charge on any atom is -0.274 e. The summed E-state index contributed by atoms with van der Waals surface area (Å²) in [6.45, 7) is 4.35. The molecule has 1 unspecified atom stereocenters. The zero-order chi connectivity index (χ0) is 15.7. The zero-order valence-corrected chi connectivity index (χ0v) is 13.3. The molecule has 1 heterocycles. The third kappa shape index (κ3) is 2.83. The van der Waals surface area contributed by atoms with E-state index in [0.717, 1.165) is 0 Å². The van der Waals surface area contributed by atoms with Crippen molar-refractivity contribution in [2.75, 3.05) is 11.9 Å². The van der Waals surface area contributed by atoms with Crippen molar-refractivity contribution >= 4 is 33.4 Å². The number of non-ortho nitro benzene ring substituents is 1. The normalized spacial score (nSPS) is 15.5. The highest BCUT2D eigenvalue weighted by molar-refractivity contribution is 9.09. The standard InChI is InChI=1S/C14H15BrN2O4/c1-8(2)9(6-15)7-16-13(18)11-4-3-10(17(20)21)5-12(11)14(16)19/h3-5,8-9H,6-7H2,1-2H3. The van der Waals surface area contributed by atoms with E-state index in [9.17, 15) is 19.7 Å². The number of nitro benzene ring substituents is 1. The fraction of sp³-hybridized carbons (Fsp3) is 0.429. The highest BCUT2D eigenvalue weighted by Gasteiger charge is 2.38. The minimum absolute atomic E-state index is 0.117. The lowest BCUT2D eigenvalue weighted by atomic mass is 9.97. The van der Waals surface area contributed by atoms with Gasteiger partial charge in [0, 0.05) is 24.0 Å². The molecule has 112 valence electrons. The first-order chi connectivity index (χ1) is 9.86. The lowest BCUT2D eigenvalue weighted by Gasteiger charge is -2.23. The van der Waals surface area contributed by atoms with Gasteiger partial charge in [0.15, 0.2) is 0 Å². The van der Waals surface area contributed by atoms with Gasteiger partial charge in [0.05, 0.1) is 16.1 Å². The predicted molar refractivity (Wildman–Crippen MR) is 80.6 cm³/mol. The van der Waals surface area contributed by atoms with Crippen LogP contribution in [0, 0.1) is 22.0 Å². The summed E-state index contributed by atoms with van der Waals surface area (Å²) in [5.41, 5.74) is 0.173. The molecule has 1 aliphatic heterocycles. The first kappa shape index (κ1) is 15.6. The SMILES string of the molecule is CC(C)C(CBr)CN1C(=O)c2ccc([N+](=O)[O-])cc2C1=O. The van der Waals surface area contributed by atoms with Gasteiger partial charge in [-0.2, -0.15) is 0 Å². The van der Waals surface area contributed by atoms with E-state index in [1.165, 1.54) is 23.1 Å². The maximum Gasteiger partial charge on any atom is 0.270 e. The number of imide groups is 1. The smallest absolute Gasteiger partial charge is 0.270 e. The second kappa shape index (κ2) is 5.93. The van der Waals surface area contributed by atoms with E-state index in [2.05, 4.69) is 15.9 Å². The van der Waals surface area contributed by atoms with Crippen LogP contribution in [-0.4, -0.2) is 33.5 Å². The molecule has 2 rings (SSSR count). The van der Waals surface area contributed by atoms with Crippen LogP contribution in [0.4, 0.5) is 5.69 Å². The van der Waals surface area contributed by atoms with Gasteiger partial charge >= 0.3 is 0 Å². The number of hydrogen-bond acceptors (Lipinski definition) is 4. The molecule has 0 aromatic heterocycles. The van der Waals surface area contributed by atoms with E-state index in [4.69, 9.17) is 0 Å². The average Bonchev–Trinajstić information content (AvgIpc) is 2.68. The Bertz CT molecular complexity index is 615. The molecule has 0 saturated carbocycles. The molecular formula is C14H15BrN2O4. The maximum atomic E-state index is 12.3. The molecule has 21 heavy (non-hydrogen) atoms. The van der Waals surface area contributed by atoms with E-state index in [-0.39, 0.29) is 28.6 Å². The van der Waals surface area contributed by atoms with Crippen LogP contribution >= 0.6 is 15.9 Å². The molecular weight excluding hydrogens is 340 g/mol. The zero-order valence-electron chi connectivity index (χ0n) is 11.7. The third-order valence-electron chi connectivity index (χ3n) is 3.72. The van der Waals surface area contributed by atoms with Crippen molar-refractivity contribution in [2.24, 2.45) is 11.8 Å². The van der Waals surface area contributed by atoms with Gasteiger partial charge in [-0.3, -0.25) is 24.6 Å². The molecule has 0 aliphatic carbocycles. The monoisotopic (exact) mass is 354 g/mol. The van der Waals surface area contributed by atoms with Crippen LogP contribution in [0.1, 0.15) is 34.6 Å². The van der Waals surface area contributed by atoms with Gasteiger partial charge in [0.2, 0.25) is 0 Å². The Labute approximate surface area is 130 Å². The van der Waals surface area contributed by atoms with Crippen molar-refractivity contribution < 1.29 is 14.5 Å². The number of hydrogen-bond donors (Lipinski definition) is 0. The predicted octanol–water partition coefficient (Wildman–Crippen LogP) is 2.86. The largest absolute Gasteiger partial charge is 0.274 e. The number of alkyl halides is 1. The molecule has 0 radical (unpaired) electrons. The number of rotatable bonds is 5. The van der Waals surface area contributed by atoms with Crippen molar-refractivity contribution in [1.82, 2.24) is 4.90 Å². The van der Waals surface area contributed by atoms with E-state index < -0.39 is 10.8 Å². The summed E-state index contributed by atoms with van der Waals surface area (Å²) in [7, 11) is 0. The number of benzene rings is 1. The number of fused-ring (bicyclic) bond motifs is 1. The molecule has 1 aromatic carbocycles. The number of carbonyl (C=O) groups excluding carboxylic acids is 2.